The van der Waals surface area contributed by atoms with E-state index >= 15 is 0 Å². The van der Waals surface area contributed by atoms with Crippen LogP contribution in [0.5, 0.6) is 5.75 Å². The van der Waals surface area contributed by atoms with Crippen LogP contribution < -0.4 is 15.0 Å². The van der Waals surface area contributed by atoms with Crippen LogP contribution in [0, 0.1) is 11.3 Å². The van der Waals surface area contributed by atoms with Crippen LogP contribution >= 0.6 is 0 Å². The quantitative estimate of drug-likeness (QED) is 0.416. The van der Waals surface area contributed by atoms with Gasteiger partial charge in [-0.3, -0.25) is 4.90 Å². The molecule has 2 aromatic carbocycles. The molecule has 1 fully saturated rings. The molecule has 3 heterocycles. The number of hydrogen-bond acceptors (Lipinski definition) is 10. The first-order chi connectivity index (χ1) is 19.9. The van der Waals surface area contributed by atoms with Crippen molar-refractivity contribution in [3.8, 4) is 11.8 Å². The summed E-state index contributed by atoms with van der Waals surface area (Å²) in [5.74, 6) is 0.347. The van der Waals surface area contributed by atoms with Gasteiger partial charge in [-0.1, -0.05) is 24.3 Å². The molecule has 212 valence electrons. The van der Waals surface area contributed by atoms with Gasteiger partial charge in [0, 0.05) is 55.6 Å². The largest absolute Gasteiger partial charge is 0.495 e. The molecule has 0 saturated carbocycles. The Labute approximate surface area is 239 Å². The summed E-state index contributed by atoms with van der Waals surface area (Å²) in [6, 6.07) is 17.5. The minimum absolute atomic E-state index is 0.261. The van der Waals surface area contributed by atoms with E-state index in [1.54, 1.807) is 26.3 Å². The molecule has 11 nitrogen and oxygen atoms in total. The molecule has 0 spiro atoms. The van der Waals surface area contributed by atoms with E-state index in [4.69, 9.17) is 9.47 Å². The van der Waals surface area contributed by atoms with Gasteiger partial charge in [0.15, 0.2) is 0 Å². The van der Waals surface area contributed by atoms with E-state index in [-0.39, 0.29) is 6.61 Å². The second-order valence-electron chi connectivity index (χ2n) is 10.1. The van der Waals surface area contributed by atoms with Crippen LogP contribution in [0.4, 0.5) is 5.69 Å². The number of piperazine rings is 1. The molecular formula is C30H34N8O3. The standard InChI is InChI=1S/C30H34N8O3/c1-20-26(29-33-35-36(3)34-29)28(23-9-7-8-22(18-23)19-31)27(21(2)32-20)30(39)41-17-16-37-12-14-38(15-13-37)24-10-5-6-11-25(24)40-4/h5-11,18,28,32H,12-17H2,1-4H3. The van der Waals surface area contributed by atoms with Crippen molar-refractivity contribution in [1.29, 1.82) is 5.26 Å². The maximum Gasteiger partial charge on any atom is 0.336 e. The molecule has 0 radical (unpaired) electrons. The van der Waals surface area contributed by atoms with E-state index < -0.39 is 11.9 Å². The first-order valence-electron chi connectivity index (χ1n) is 13.6. The molecule has 41 heavy (non-hydrogen) atoms. The molecule has 1 saturated heterocycles. The van der Waals surface area contributed by atoms with E-state index in [9.17, 15) is 10.1 Å². The number of carbonyl (C=O) groups is 1. The topological polar surface area (TPSA) is 121 Å². The van der Waals surface area contributed by atoms with Gasteiger partial charge in [0.05, 0.1) is 37.1 Å². The first-order valence-corrected chi connectivity index (χ1v) is 13.6. The number of allylic oxidation sites excluding steroid dienone is 3. The number of methoxy groups -OCH3 is 1. The molecule has 0 amide bonds. The fraction of sp³-hybridized carbons (Fsp3) is 0.367. The highest BCUT2D eigenvalue weighted by atomic mass is 16.5. The number of nitriles is 1. The summed E-state index contributed by atoms with van der Waals surface area (Å²) in [7, 11) is 3.39. The third-order valence-corrected chi connectivity index (χ3v) is 7.52. The number of nitrogens with one attached hydrogen (secondary N) is 1. The highest BCUT2D eigenvalue weighted by Crippen LogP contribution is 2.42. The Balaban J connectivity index is 1.29. The SMILES string of the molecule is COc1ccccc1N1CCN(CCOC(=O)C2=C(C)NC(C)=C(c3nnn(C)n3)C2c2cccc(C#N)c2)CC1. The molecule has 2 aliphatic rings. The summed E-state index contributed by atoms with van der Waals surface area (Å²) in [5, 5.41) is 25.5. The number of ether oxygens (including phenoxy) is 2. The van der Waals surface area contributed by atoms with Crippen molar-refractivity contribution < 1.29 is 14.3 Å². The predicted molar refractivity (Wildman–Crippen MR) is 154 cm³/mol. The lowest BCUT2D eigenvalue weighted by molar-refractivity contribution is -0.139. The van der Waals surface area contributed by atoms with Gasteiger partial charge in [-0.15, -0.1) is 10.2 Å². The van der Waals surface area contributed by atoms with Crippen molar-refractivity contribution in [2.24, 2.45) is 7.05 Å². The van der Waals surface area contributed by atoms with E-state index in [1.165, 1.54) is 4.80 Å². The Morgan fingerprint density at radius 2 is 1.88 bits per heavy atom. The van der Waals surface area contributed by atoms with Crippen LogP contribution in [0.3, 0.4) is 0 Å². The Morgan fingerprint density at radius 1 is 1.10 bits per heavy atom. The van der Waals surface area contributed by atoms with Crippen LogP contribution in [0.1, 0.15) is 36.7 Å². The van der Waals surface area contributed by atoms with Gasteiger partial charge in [-0.05, 0) is 48.9 Å². The molecule has 5 rings (SSSR count). The minimum Gasteiger partial charge on any atom is -0.495 e. The second kappa shape index (κ2) is 12.2. The second-order valence-corrected chi connectivity index (χ2v) is 10.1. The summed E-state index contributed by atoms with van der Waals surface area (Å²) in [6.45, 7) is 8.10. The number of carbonyl (C=O) groups excluding carboxylic acids is 1. The number of esters is 1. The molecule has 3 aromatic rings. The van der Waals surface area contributed by atoms with Gasteiger partial charge in [0.25, 0.3) is 0 Å². The van der Waals surface area contributed by atoms with Crippen LogP contribution in [-0.2, 0) is 16.6 Å². The number of anilines is 1. The van der Waals surface area contributed by atoms with Crippen molar-refractivity contribution >= 4 is 17.2 Å². The molecule has 2 aliphatic heterocycles. The molecular weight excluding hydrogens is 520 g/mol. The van der Waals surface area contributed by atoms with Crippen LogP contribution in [0.2, 0.25) is 0 Å². The number of aromatic nitrogens is 4. The van der Waals surface area contributed by atoms with Gasteiger partial charge >= 0.3 is 5.97 Å². The van der Waals surface area contributed by atoms with Crippen LogP contribution in [0.15, 0.2) is 65.5 Å². The predicted octanol–water partition coefficient (Wildman–Crippen LogP) is 2.85. The van der Waals surface area contributed by atoms with E-state index in [0.717, 1.165) is 54.4 Å². The van der Waals surface area contributed by atoms with Gasteiger partial charge in [0.1, 0.15) is 12.4 Å². The fourth-order valence-electron chi connectivity index (χ4n) is 5.52. The maximum atomic E-state index is 13.7. The number of rotatable bonds is 8. The molecule has 0 bridgehead atoms. The first kappa shape index (κ1) is 27.9. The lowest BCUT2D eigenvalue weighted by Gasteiger charge is -2.36. The van der Waals surface area contributed by atoms with Crippen molar-refractivity contribution in [3.05, 3.63) is 82.4 Å². The summed E-state index contributed by atoms with van der Waals surface area (Å²) in [5.41, 5.74) is 5.07. The van der Waals surface area contributed by atoms with E-state index in [0.29, 0.717) is 29.2 Å². The summed E-state index contributed by atoms with van der Waals surface area (Å²) >= 11 is 0. The number of dihydropyridines is 1. The van der Waals surface area contributed by atoms with Crippen molar-refractivity contribution in [3.63, 3.8) is 0 Å². The van der Waals surface area contributed by atoms with Gasteiger partial charge in [-0.25, -0.2) is 4.79 Å². The molecule has 1 unspecified atom stereocenters. The lowest BCUT2D eigenvalue weighted by Crippen LogP contribution is -2.47. The Bertz CT molecular complexity index is 1530. The number of benzene rings is 2. The zero-order valence-corrected chi connectivity index (χ0v) is 23.8. The van der Waals surface area contributed by atoms with Crippen LogP contribution in [0.25, 0.3) is 5.57 Å². The third kappa shape index (κ3) is 5.93. The average Bonchev–Trinajstić information content (AvgIpc) is 3.42. The average molecular weight is 555 g/mol. The summed E-state index contributed by atoms with van der Waals surface area (Å²) in [6.07, 6.45) is 0. The van der Waals surface area contributed by atoms with Gasteiger partial charge in [0.2, 0.25) is 5.82 Å². The van der Waals surface area contributed by atoms with Gasteiger partial charge < -0.3 is 19.7 Å². The summed E-state index contributed by atoms with van der Waals surface area (Å²) < 4.78 is 11.4. The van der Waals surface area contributed by atoms with Crippen molar-refractivity contribution in [2.45, 2.75) is 19.8 Å². The molecule has 1 aromatic heterocycles. The normalized spacial score (nSPS) is 17.7. The maximum absolute atomic E-state index is 13.7. The fourth-order valence-corrected chi connectivity index (χ4v) is 5.52. The van der Waals surface area contributed by atoms with Crippen molar-refractivity contribution in [1.82, 2.24) is 30.4 Å². The highest BCUT2D eigenvalue weighted by Gasteiger charge is 2.37. The molecule has 11 heteroatoms. The zero-order valence-electron chi connectivity index (χ0n) is 23.8. The number of hydrogen-bond donors (Lipinski definition) is 1. The Hall–Kier alpha value is -4.69. The molecule has 0 aliphatic carbocycles. The zero-order chi connectivity index (χ0) is 28.9. The number of tetrazole rings is 1. The van der Waals surface area contributed by atoms with E-state index in [1.807, 2.05) is 44.2 Å². The minimum atomic E-state index is -0.523. The Morgan fingerprint density at radius 3 is 2.59 bits per heavy atom. The molecule has 1 atom stereocenters. The highest BCUT2D eigenvalue weighted by molar-refractivity contribution is 5.97. The smallest absolute Gasteiger partial charge is 0.336 e. The van der Waals surface area contributed by atoms with Gasteiger partial charge in [-0.2, -0.15) is 10.1 Å². The third-order valence-electron chi connectivity index (χ3n) is 7.52. The van der Waals surface area contributed by atoms with E-state index in [2.05, 4.69) is 42.7 Å². The number of nitrogens with zero attached hydrogens (tertiary/aromatic N) is 7. The molecule has 1 N–H and O–H groups in total. The monoisotopic (exact) mass is 554 g/mol. The lowest BCUT2D eigenvalue weighted by atomic mass is 9.79. The van der Waals surface area contributed by atoms with Crippen molar-refractivity contribution in [2.75, 3.05) is 51.3 Å². The number of para-hydroxylation sites is 2. The number of aryl methyl sites for hydroxylation is 1. The summed E-state index contributed by atoms with van der Waals surface area (Å²) in [4.78, 5) is 19.7. The Kier molecular flexibility index (Phi) is 8.31. The van der Waals surface area contributed by atoms with Crippen LogP contribution in [-0.4, -0.2) is 77.5 Å².